The molecule has 0 saturated carbocycles. The van der Waals surface area contributed by atoms with E-state index in [0.717, 1.165) is 11.3 Å². The van der Waals surface area contributed by atoms with Crippen molar-refractivity contribution in [3.63, 3.8) is 0 Å². The van der Waals surface area contributed by atoms with Crippen molar-refractivity contribution in [3.8, 4) is 5.75 Å². The van der Waals surface area contributed by atoms with Crippen LogP contribution >= 0.6 is 0 Å². The van der Waals surface area contributed by atoms with Gasteiger partial charge >= 0.3 is 0 Å². The Kier molecular flexibility index (Phi) is 6.02. The maximum Gasteiger partial charge on any atom is 0.237 e. The minimum Gasteiger partial charge on any atom is -0.497 e. The van der Waals surface area contributed by atoms with Crippen LogP contribution in [0.25, 0.3) is 0 Å². The molecule has 1 aliphatic heterocycles. The first-order chi connectivity index (χ1) is 13.0. The smallest absolute Gasteiger partial charge is 0.237 e. The Morgan fingerprint density at radius 2 is 2.30 bits per heavy atom. The van der Waals surface area contributed by atoms with Gasteiger partial charge in [0, 0.05) is 19.6 Å². The van der Waals surface area contributed by atoms with Crippen LogP contribution in [-0.4, -0.2) is 58.1 Å². The first-order valence-electron chi connectivity index (χ1n) is 8.84. The van der Waals surface area contributed by atoms with Gasteiger partial charge in [-0.05, 0) is 24.6 Å². The summed E-state index contributed by atoms with van der Waals surface area (Å²) in [6.07, 6.45) is 0.0825. The van der Waals surface area contributed by atoms with Gasteiger partial charge in [0.1, 0.15) is 11.6 Å². The number of H-pyrrole nitrogens is 1. The lowest BCUT2D eigenvalue weighted by Crippen LogP contribution is -2.56. The number of benzene rings is 1. The van der Waals surface area contributed by atoms with Crippen LogP contribution in [0.1, 0.15) is 23.6 Å². The van der Waals surface area contributed by atoms with Crippen LogP contribution in [0.3, 0.4) is 0 Å². The summed E-state index contributed by atoms with van der Waals surface area (Å²) >= 11 is 0. The van der Waals surface area contributed by atoms with Crippen LogP contribution in [-0.2, 0) is 22.7 Å². The molecule has 0 aliphatic carbocycles. The highest BCUT2D eigenvalue weighted by Gasteiger charge is 2.31. The molecule has 0 spiro atoms. The summed E-state index contributed by atoms with van der Waals surface area (Å²) in [5.74, 6) is 1.63. The molecule has 144 valence electrons. The average molecular weight is 372 g/mol. The Bertz CT molecular complexity index is 806. The van der Waals surface area contributed by atoms with E-state index in [-0.39, 0.29) is 24.8 Å². The van der Waals surface area contributed by atoms with Gasteiger partial charge in [-0.25, -0.2) is 4.98 Å². The molecular formula is C18H24N6O3. The SMILES string of the molecule is COc1cccc(CN2CCNC(=O)[C@H]2CC(=O)NCc2n[nH]c(C)n2)c1. The molecule has 1 aromatic heterocycles. The predicted octanol–water partition coefficient (Wildman–Crippen LogP) is 0.129. The van der Waals surface area contributed by atoms with E-state index in [1.54, 1.807) is 14.0 Å². The molecule has 1 saturated heterocycles. The van der Waals surface area contributed by atoms with Gasteiger partial charge in [-0.15, -0.1) is 0 Å². The normalized spacial score (nSPS) is 17.4. The van der Waals surface area contributed by atoms with E-state index in [4.69, 9.17) is 4.74 Å². The van der Waals surface area contributed by atoms with Gasteiger partial charge in [-0.1, -0.05) is 12.1 Å². The lowest BCUT2D eigenvalue weighted by molar-refractivity contribution is -0.134. The van der Waals surface area contributed by atoms with Gasteiger partial charge < -0.3 is 15.4 Å². The van der Waals surface area contributed by atoms with Crippen molar-refractivity contribution in [2.24, 2.45) is 0 Å². The standard InChI is InChI=1S/C18H24N6O3/c1-12-21-16(23-22-12)10-20-17(25)9-15-18(26)19-6-7-24(15)11-13-4-3-5-14(8-13)27-2/h3-5,8,15H,6-7,9-11H2,1-2H3,(H,19,26)(H,20,25)(H,21,22,23)/t15-/m1/s1. The molecule has 2 heterocycles. The zero-order valence-electron chi connectivity index (χ0n) is 15.5. The van der Waals surface area contributed by atoms with Crippen LogP contribution in [0.5, 0.6) is 5.75 Å². The van der Waals surface area contributed by atoms with E-state index in [0.29, 0.717) is 31.3 Å². The van der Waals surface area contributed by atoms with Crippen LogP contribution < -0.4 is 15.4 Å². The minimum atomic E-state index is -0.515. The Balaban J connectivity index is 1.61. The quantitative estimate of drug-likeness (QED) is 0.637. The van der Waals surface area contributed by atoms with Crippen molar-refractivity contribution in [1.29, 1.82) is 0 Å². The molecule has 1 fully saturated rings. The van der Waals surface area contributed by atoms with E-state index in [9.17, 15) is 9.59 Å². The van der Waals surface area contributed by atoms with Gasteiger partial charge in [0.15, 0.2) is 5.82 Å². The summed E-state index contributed by atoms with van der Waals surface area (Å²) in [6.45, 7) is 3.84. The number of carbonyl (C=O) groups excluding carboxylic acids is 2. The second-order valence-electron chi connectivity index (χ2n) is 6.45. The van der Waals surface area contributed by atoms with Crippen molar-refractivity contribution in [2.75, 3.05) is 20.2 Å². The minimum absolute atomic E-state index is 0.0825. The first-order valence-corrected chi connectivity index (χ1v) is 8.84. The molecule has 1 atom stereocenters. The molecule has 9 nitrogen and oxygen atoms in total. The molecule has 2 aromatic rings. The monoisotopic (exact) mass is 372 g/mol. The first kappa shape index (κ1) is 18.8. The van der Waals surface area contributed by atoms with Gasteiger partial charge in [0.25, 0.3) is 0 Å². The number of aryl methyl sites for hydroxylation is 1. The van der Waals surface area contributed by atoms with Crippen molar-refractivity contribution in [2.45, 2.75) is 32.5 Å². The topological polar surface area (TPSA) is 112 Å². The van der Waals surface area contributed by atoms with Crippen molar-refractivity contribution in [3.05, 3.63) is 41.5 Å². The molecule has 2 amide bonds. The van der Waals surface area contributed by atoms with E-state index in [2.05, 4.69) is 25.8 Å². The Hall–Kier alpha value is -2.94. The third-order valence-electron chi connectivity index (χ3n) is 4.43. The average Bonchev–Trinajstić information content (AvgIpc) is 3.08. The number of piperazine rings is 1. The van der Waals surface area contributed by atoms with Crippen molar-refractivity contribution >= 4 is 11.8 Å². The van der Waals surface area contributed by atoms with Crippen LogP contribution in [0, 0.1) is 6.92 Å². The second kappa shape index (κ2) is 8.63. The number of rotatable bonds is 7. The summed E-state index contributed by atoms with van der Waals surface area (Å²) in [6, 6.07) is 7.20. The van der Waals surface area contributed by atoms with E-state index in [1.165, 1.54) is 0 Å². The number of aromatic nitrogens is 3. The van der Waals surface area contributed by atoms with Crippen LogP contribution in [0.2, 0.25) is 0 Å². The Labute approximate surface area is 157 Å². The Morgan fingerprint density at radius 3 is 3.04 bits per heavy atom. The van der Waals surface area contributed by atoms with Crippen molar-refractivity contribution < 1.29 is 14.3 Å². The van der Waals surface area contributed by atoms with E-state index in [1.807, 2.05) is 29.2 Å². The summed E-state index contributed by atoms with van der Waals surface area (Å²) in [5, 5.41) is 12.3. The second-order valence-corrected chi connectivity index (χ2v) is 6.45. The number of hydrogen-bond donors (Lipinski definition) is 3. The maximum atomic E-state index is 12.3. The molecule has 0 unspecified atom stereocenters. The molecule has 3 rings (SSSR count). The van der Waals surface area contributed by atoms with Crippen molar-refractivity contribution in [1.82, 2.24) is 30.7 Å². The fourth-order valence-electron chi connectivity index (χ4n) is 3.07. The highest BCUT2D eigenvalue weighted by atomic mass is 16.5. The largest absolute Gasteiger partial charge is 0.497 e. The molecule has 9 heteroatoms. The van der Waals surface area contributed by atoms with Gasteiger partial charge in [0.2, 0.25) is 11.8 Å². The Morgan fingerprint density at radius 1 is 1.44 bits per heavy atom. The third-order valence-corrected chi connectivity index (χ3v) is 4.43. The lowest BCUT2D eigenvalue weighted by Gasteiger charge is -2.34. The molecule has 0 bridgehead atoms. The van der Waals surface area contributed by atoms with Crippen LogP contribution in [0.4, 0.5) is 0 Å². The molecule has 3 N–H and O–H groups in total. The molecular weight excluding hydrogens is 348 g/mol. The number of nitrogens with one attached hydrogen (secondary N) is 3. The number of carbonyl (C=O) groups is 2. The zero-order valence-corrected chi connectivity index (χ0v) is 15.5. The summed E-state index contributed by atoms with van der Waals surface area (Å²) < 4.78 is 5.26. The third kappa shape index (κ3) is 5.04. The molecule has 1 aliphatic rings. The highest BCUT2D eigenvalue weighted by molar-refractivity contribution is 5.88. The fraction of sp³-hybridized carbons (Fsp3) is 0.444. The van der Waals surface area contributed by atoms with Crippen LogP contribution in [0.15, 0.2) is 24.3 Å². The molecule has 0 radical (unpaired) electrons. The fourth-order valence-corrected chi connectivity index (χ4v) is 3.07. The number of nitrogens with zero attached hydrogens (tertiary/aromatic N) is 3. The van der Waals surface area contributed by atoms with Gasteiger partial charge in [0.05, 0.1) is 26.1 Å². The number of aromatic amines is 1. The predicted molar refractivity (Wildman–Crippen MR) is 97.8 cm³/mol. The number of hydrogen-bond acceptors (Lipinski definition) is 6. The van der Waals surface area contributed by atoms with E-state index >= 15 is 0 Å². The number of methoxy groups -OCH3 is 1. The molecule has 1 aromatic carbocycles. The van der Waals surface area contributed by atoms with Gasteiger partial charge in [-0.2, -0.15) is 5.10 Å². The summed E-state index contributed by atoms with van der Waals surface area (Å²) in [5.41, 5.74) is 1.03. The summed E-state index contributed by atoms with van der Waals surface area (Å²) in [4.78, 5) is 30.8. The van der Waals surface area contributed by atoms with E-state index < -0.39 is 6.04 Å². The highest BCUT2D eigenvalue weighted by Crippen LogP contribution is 2.18. The number of ether oxygens (including phenoxy) is 1. The molecule has 27 heavy (non-hydrogen) atoms. The van der Waals surface area contributed by atoms with Gasteiger partial charge in [-0.3, -0.25) is 19.6 Å². The number of amides is 2. The summed E-state index contributed by atoms with van der Waals surface area (Å²) in [7, 11) is 1.62. The zero-order chi connectivity index (χ0) is 19.2. The maximum absolute atomic E-state index is 12.3. The lowest BCUT2D eigenvalue weighted by atomic mass is 10.1.